The third-order valence-corrected chi connectivity index (χ3v) is 7.88. The van der Waals surface area contributed by atoms with Gasteiger partial charge < -0.3 is 28.8 Å². The summed E-state index contributed by atoms with van der Waals surface area (Å²) in [4.78, 5) is 35.6. The molecule has 2 aromatic carbocycles. The first-order valence-corrected chi connectivity index (χ1v) is 15.1. The number of esters is 1. The molecule has 0 radical (unpaired) electrons. The number of anilines is 2. The molecule has 1 saturated heterocycles. The Labute approximate surface area is 256 Å². The Morgan fingerprint density at radius 3 is 2.50 bits per heavy atom. The summed E-state index contributed by atoms with van der Waals surface area (Å²) in [6.07, 6.45) is 7.30. The van der Waals surface area contributed by atoms with E-state index in [0.29, 0.717) is 23.8 Å². The highest BCUT2D eigenvalue weighted by molar-refractivity contribution is 5.91. The number of nitrogens with zero attached hydrogens (tertiary/aromatic N) is 5. The van der Waals surface area contributed by atoms with Crippen molar-refractivity contribution in [3.63, 3.8) is 0 Å². The van der Waals surface area contributed by atoms with Crippen molar-refractivity contribution in [1.82, 2.24) is 24.0 Å². The van der Waals surface area contributed by atoms with E-state index in [4.69, 9.17) is 9.47 Å². The van der Waals surface area contributed by atoms with Gasteiger partial charge in [0.05, 0.1) is 17.6 Å². The molecule has 0 atom stereocenters. The van der Waals surface area contributed by atoms with Crippen LogP contribution in [0.1, 0.15) is 44.0 Å². The van der Waals surface area contributed by atoms with Gasteiger partial charge in [0, 0.05) is 48.6 Å². The zero-order valence-electron chi connectivity index (χ0n) is 25.4. The molecule has 44 heavy (non-hydrogen) atoms. The van der Waals surface area contributed by atoms with Crippen molar-refractivity contribution in [2.45, 2.75) is 52.3 Å². The minimum atomic E-state index is -0.477. The normalized spacial score (nSPS) is 14.2. The number of hydrogen-bond donors (Lipinski definition) is 1. The maximum atomic E-state index is 12.4. The highest BCUT2D eigenvalue weighted by atomic mass is 16.6. The monoisotopic (exact) mass is 594 g/mol. The lowest BCUT2D eigenvalue weighted by Gasteiger charge is -2.33. The standard InChI is InChI=1S/C34H38N6O4/c1-34(2,3)44-33(42)39-15-11-24(12-16-39)22-40-17-13-26-21-27(9-10-29(26)40)37-31-30-28(35-23-36-31)14-18-38(30)19-20-43-32(41)25-7-5-4-6-8-25/h4-10,13-14,17-18,21,23-24H,11-12,15-16,19-20,22H2,1-3H3,(H,35,36,37). The zero-order valence-corrected chi connectivity index (χ0v) is 25.4. The van der Waals surface area contributed by atoms with E-state index in [1.54, 1.807) is 18.5 Å². The fourth-order valence-electron chi connectivity index (χ4n) is 5.68. The van der Waals surface area contributed by atoms with E-state index >= 15 is 0 Å². The first-order valence-electron chi connectivity index (χ1n) is 15.1. The quantitative estimate of drug-likeness (QED) is 0.201. The lowest BCUT2D eigenvalue weighted by Crippen LogP contribution is -2.42. The molecule has 3 aromatic heterocycles. The van der Waals surface area contributed by atoms with Crippen molar-refractivity contribution >= 4 is 45.5 Å². The molecular formula is C34H38N6O4. The van der Waals surface area contributed by atoms with Gasteiger partial charge in [0.25, 0.3) is 0 Å². The van der Waals surface area contributed by atoms with Crippen LogP contribution in [0.4, 0.5) is 16.3 Å². The van der Waals surface area contributed by atoms with Crippen LogP contribution in [0.2, 0.25) is 0 Å². The van der Waals surface area contributed by atoms with Crippen LogP contribution in [0.25, 0.3) is 21.9 Å². The van der Waals surface area contributed by atoms with Gasteiger partial charge in [0.2, 0.25) is 0 Å². The van der Waals surface area contributed by atoms with Gasteiger partial charge in [-0.15, -0.1) is 0 Å². The Morgan fingerprint density at radius 2 is 1.73 bits per heavy atom. The third-order valence-electron chi connectivity index (χ3n) is 7.88. The highest BCUT2D eigenvalue weighted by Crippen LogP contribution is 2.29. The molecule has 5 aromatic rings. The van der Waals surface area contributed by atoms with Crippen LogP contribution in [0.3, 0.4) is 0 Å². The Bertz CT molecular complexity index is 1760. The number of piperidine rings is 1. The van der Waals surface area contributed by atoms with Crippen molar-refractivity contribution in [3.05, 3.63) is 84.9 Å². The van der Waals surface area contributed by atoms with E-state index in [1.807, 2.05) is 60.7 Å². The lowest BCUT2D eigenvalue weighted by atomic mass is 9.97. The molecule has 0 saturated carbocycles. The Balaban J connectivity index is 1.09. The van der Waals surface area contributed by atoms with Crippen molar-refractivity contribution < 1.29 is 19.1 Å². The van der Waals surface area contributed by atoms with Crippen LogP contribution in [0.5, 0.6) is 0 Å². The molecule has 1 fully saturated rings. The molecule has 10 nitrogen and oxygen atoms in total. The predicted molar refractivity (Wildman–Crippen MR) is 170 cm³/mol. The molecule has 1 aliphatic heterocycles. The second kappa shape index (κ2) is 12.4. The summed E-state index contributed by atoms with van der Waals surface area (Å²) in [5.41, 5.74) is 3.80. The molecule has 1 aliphatic rings. The molecule has 6 rings (SSSR count). The molecule has 1 N–H and O–H groups in total. The summed E-state index contributed by atoms with van der Waals surface area (Å²) >= 11 is 0. The molecule has 4 heterocycles. The summed E-state index contributed by atoms with van der Waals surface area (Å²) in [5.74, 6) is 0.837. The van der Waals surface area contributed by atoms with E-state index < -0.39 is 5.60 Å². The number of nitrogens with one attached hydrogen (secondary N) is 1. The molecule has 0 aliphatic carbocycles. The van der Waals surface area contributed by atoms with E-state index in [9.17, 15) is 9.59 Å². The Kier molecular flexibility index (Phi) is 8.23. The number of carbonyl (C=O) groups is 2. The van der Waals surface area contributed by atoms with Crippen molar-refractivity contribution in [1.29, 1.82) is 0 Å². The fourth-order valence-corrected chi connectivity index (χ4v) is 5.68. The number of aromatic nitrogens is 4. The summed E-state index contributed by atoms with van der Waals surface area (Å²) < 4.78 is 15.3. The summed E-state index contributed by atoms with van der Waals surface area (Å²) in [6, 6.07) is 19.4. The van der Waals surface area contributed by atoms with Crippen LogP contribution in [-0.4, -0.2) is 61.4 Å². The maximum Gasteiger partial charge on any atom is 0.410 e. The van der Waals surface area contributed by atoms with Crippen LogP contribution in [0, 0.1) is 5.92 Å². The molecular weight excluding hydrogens is 556 g/mol. The van der Waals surface area contributed by atoms with Gasteiger partial charge in [0.1, 0.15) is 24.1 Å². The second-order valence-electron chi connectivity index (χ2n) is 12.2. The van der Waals surface area contributed by atoms with E-state index in [2.05, 4.69) is 50.3 Å². The van der Waals surface area contributed by atoms with E-state index in [0.717, 1.165) is 54.6 Å². The summed E-state index contributed by atoms with van der Waals surface area (Å²) in [6.45, 7) is 8.75. The minimum Gasteiger partial charge on any atom is -0.460 e. The van der Waals surface area contributed by atoms with Gasteiger partial charge in [-0.3, -0.25) is 0 Å². The topological polar surface area (TPSA) is 104 Å². The van der Waals surface area contributed by atoms with Gasteiger partial charge in [-0.1, -0.05) is 18.2 Å². The van der Waals surface area contributed by atoms with Crippen LogP contribution >= 0.6 is 0 Å². The first-order chi connectivity index (χ1) is 21.2. The van der Waals surface area contributed by atoms with Crippen molar-refractivity contribution in [3.8, 4) is 0 Å². The lowest BCUT2D eigenvalue weighted by molar-refractivity contribution is 0.0178. The smallest absolute Gasteiger partial charge is 0.410 e. The van der Waals surface area contributed by atoms with Crippen LogP contribution < -0.4 is 5.32 Å². The first kappa shape index (κ1) is 29.2. The van der Waals surface area contributed by atoms with Gasteiger partial charge >= 0.3 is 12.1 Å². The SMILES string of the molecule is CC(C)(C)OC(=O)N1CCC(Cn2ccc3cc(Nc4ncnc5ccn(CCOC(=O)c6ccccc6)c45)ccc32)CC1. The average Bonchev–Trinajstić information content (AvgIpc) is 3.61. The predicted octanol–water partition coefficient (Wildman–Crippen LogP) is 6.63. The molecule has 228 valence electrons. The largest absolute Gasteiger partial charge is 0.460 e. The van der Waals surface area contributed by atoms with E-state index in [1.165, 1.54) is 5.52 Å². The molecule has 0 spiro atoms. The number of amides is 1. The van der Waals surface area contributed by atoms with Crippen LogP contribution in [0.15, 0.2) is 79.4 Å². The average molecular weight is 595 g/mol. The van der Waals surface area contributed by atoms with Crippen LogP contribution in [-0.2, 0) is 22.6 Å². The van der Waals surface area contributed by atoms with E-state index in [-0.39, 0.29) is 18.7 Å². The number of fused-ring (bicyclic) bond motifs is 2. The number of hydrogen-bond acceptors (Lipinski definition) is 7. The maximum absolute atomic E-state index is 12.4. The molecule has 10 heteroatoms. The van der Waals surface area contributed by atoms with Gasteiger partial charge in [-0.2, -0.15) is 0 Å². The fraction of sp³-hybridized carbons (Fsp3) is 0.353. The summed E-state index contributed by atoms with van der Waals surface area (Å²) in [5, 5.41) is 4.61. The minimum absolute atomic E-state index is 0.220. The van der Waals surface area contributed by atoms with Gasteiger partial charge in [-0.05, 0) is 82.0 Å². The van der Waals surface area contributed by atoms with Crippen molar-refractivity contribution in [2.24, 2.45) is 5.92 Å². The number of ether oxygens (including phenoxy) is 2. The van der Waals surface area contributed by atoms with Gasteiger partial charge in [-0.25, -0.2) is 19.6 Å². The molecule has 0 bridgehead atoms. The highest BCUT2D eigenvalue weighted by Gasteiger charge is 2.27. The number of likely N-dealkylation sites (tertiary alicyclic amines) is 1. The Morgan fingerprint density at radius 1 is 0.955 bits per heavy atom. The zero-order chi connectivity index (χ0) is 30.7. The molecule has 1 amide bonds. The summed E-state index contributed by atoms with van der Waals surface area (Å²) in [7, 11) is 0. The third kappa shape index (κ3) is 6.69. The number of benzene rings is 2. The number of rotatable bonds is 8. The van der Waals surface area contributed by atoms with Crippen molar-refractivity contribution in [2.75, 3.05) is 25.0 Å². The number of carbonyl (C=O) groups excluding carboxylic acids is 2. The Hall–Kier alpha value is -4.86. The van der Waals surface area contributed by atoms with Gasteiger partial charge in [0.15, 0.2) is 5.82 Å². The second-order valence-corrected chi connectivity index (χ2v) is 12.2. The molecule has 0 unspecified atom stereocenters.